The van der Waals surface area contributed by atoms with Crippen LogP contribution in [0.3, 0.4) is 0 Å². The summed E-state index contributed by atoms with van der Waals surface area (Å²) in [5.41, 5.74) is 2.20. The van der Waals surface area contributed by atoms with Crippen molar-refractivity contribution in [3.05, 3.63) is 44.1 Å². The second-order valence-corrected chi connectivity index (χ2v) is 7.01. The zero-order chi connectivity index (χ0) is 15.2. The molecule has 0 aliphatic rings. The summed E-state index contributed by atoms with van der Waals surface area (Å²) < 4.78 is 12.0. The average molecular weight is 370 g/mol. The second kappa shape index (κ2) is 7.82. The van der Waals surface area contributed by atoms with Crippen molar-refractivity contribution in [1.82, 2.24) is 0 Å². The molecule has 2 rings (SSSR count). The molecule has 0 atom stereocenters. The maximum Gasteiger partial charge on any atom is 0.142 e. The molecule has 1 N–H and O–H groups in total. The molecular formula is C16H20BrNO2S. The van der Waals surface area contributed by atoms with E-state index in [-0.39, 0.29) is 0 Å². The van der Waals surface area contributed by atoms with Crippen LogP contribution in [0.4, 0.5) is 5.69 Å². The maximum atomic E-state index is 5.78. The summed E-state index contributed by atoms with van der Waals surface area (Å²) in [5, 5.41) is 3.45. The normalized spacial score (nSPS) is 10.7. The minimum Gasteiger partial charge on any atom is -0.489 e. The molecule has 0 aliphatic heterocycles. The van der Waals surface area contributed by atoms with Crippen molar-refractivity contribution in [2.24, 2.45) is 0 Å². The van der Waals surface area contributed by atoms with Gasteiger partial charge in [-0.3, -0.25) is 0 Å². The number of halogens is 1. The number of aryl methyl sites for hydroxylation is 2. The van der Waals surface area contributed by atoms with Crippen LogP contribution in [-0.2, 0) is 11.3 Å². The number of nitrogens with one attached hydrogen (secondary N) is 1. The first kappa shape index (κ1) is 16.3. The predicted molar refractivity (Wildman–Crippen MR) is 92.6 cm³/mol. The number of methoxy groups -OCH3 is 1. The summed E-state index contributed by atoms with van der Waals surface area (Å²) in [4.78, 5) is 2.59. The van der Waals surface area contributed by atoms with Crippen molar-refractivity contribution in [3.63, 3.8) is 0 Å². The van der Waals surface area contributed by atoms with E-state index in [4.69, 9.17) is 9.47 Å². The lowest BCUT2D eigenvalue weighted by Crippen LogP contribution is -2.07. The van der Waals surface area contributed by atoms with Crippen LogP contribution in [-0.4, -0.2) is 20.3 Å². The van der Waals surface area contributed by atoms with Crippen LogP contribution in [0, 0.1) is 13.8 Å². The first-order chi connectivity index (χ1) is 10.1. The molecule has 0 amide bonds. The van der Waals surface area contributed by atoms with Crippen molar-refractivity contribution in [2.75, 3.05) is 25.6 Å². The van der Waals surface area contributed by atoms with Crippen molar-refractivity contribution in [2.45, 2.75) is 20.4 Å². The second-order valence-electron chi connectivity index (χ2n) is 4.81. The number of ether oxygens (including phenoxy) is 2. The van der Waals surface area contributed by atoms with Crippen molar-refractivity contribution < 1.29 is 9.47 Å². The highest BCUT2D eigenvalue weighted by Crippen LogP contribution is 2.29. The Morgan fingerprint density at radius 2 is 2.00 bits per heavy atom. The smallest absolute Gasteiger partial charge is 0.142 e. The largest absolute Gasteiger partial charge is 0.489 e. The van der Waals surface area contributed by atoms with Gasteiger partial charge < -0.3 is 14.8 Å². The Labute approximate surface area is 138 Å². The van der Waals surface area contributed by atoms with E-state index in [9.17, 15) is 0 Å². The molecule has 1 aromatic carbocycles. The molecule has 0 radical (unpaired) electrons. The van der Waals surface area contributed by atoms with Crippen LogP contribution < -0.4 is 10.1 Å². The van der Waals surface area contributed by atoms with Crippen LogP contribution in [0.15, 0.2) is 28.7 Å². The quantitative estimate of drug-likeness (QED) is 0.713. The molecule has 0 unspecified atom stereocenters. The first-order valence-electron chi connectivity index (χ1n) is 6.81. The number of thiophene rings is 1. The summed E-state index contributed by atoms with van der Waals surface area (Å²) in [6.45, 7) is 6.11. The molecule has 1 aromatic heterocycles. The average Bonchev–Trinajstić information content (AvgIpc) is 2.77. The third-order valence-electron chi connectivity index (χ3n) is 3.04. The van der Waals surface area contributed by atoms with Gasteiger partial charge in [-0.25, -0.2) is 0 Å². The van der Waals surface area contributed by atoms with Gasteiger partial charge in [-0.05, 0) is 53.5 Å². The first-order valence-corrected chi connectivity index (χ1v) is 8.42. The molecule has 0 saturated carbocycles. The molecule has 1 heterocycles. The summed E-state index contributed by atoms with van der Waals surface area (Å²) >= 11 is 5.35. The Balaban J connectivity index is 2.04. The molecular weight excluding hydrogens is 350 g/mol. The van der Waals surface area contributed by atoms with Gasteiger partial charge in [-0.1, -0.05) is 6.07 Å². The monoisotopic (exact) mass is 369 g/mol. The lowest BCUT2D eigenvalue weighted by Gasteiger charge is -2.13. The minimum absolute atomic E-state index is 0.554. The topological polar surface area (TPSA) is 30.5 Å². The minimum atomic E-state index is 0.554. The molecule has 0 aliphatic carbocycles. The Bertz CT molecular complexity index is 578. The molecule has 21 heavy (non-hydrogen) atoms. The van der Waals surface area contributed by atoms with Crippen LogP contribution >= 0.6 is 27.3 Å². The summed E-state index contributed by atoms with van der Waals surface area (Å²) in [5.74, 6) is 0.874. The lowest BCUT2D eigenvalue weighted by atomic mass is 10.2. The molecule has 5 heteroatoms. The molecule has 0 spiro atoms. The fraction of sp³-hybridized carbons (Fsp3) is 0.375. The predicted octanol–water partition coefficient (Wildman–Crippen LogP) is 4.76. The fourth-order valence-corrected chi connectivity index (χ4v) is 3.46. The molecule has 0 fully saturated rings. The van der Waals surface area contributed by atoms with E-state index in [1.165, 1.54) is 19.8 Å². The van der Waals surface area contributed by atoms with Crippen molar-refractivity contribution >= 4 is 33.0 Å². The van der Waals surface area contributed by atoms with E-state index >= 15 is 0 Å². The summed E-state index contributed by atoms with van der Waals surface area (Å²) in [6.07, 6.45) is 0. The van der Waals surface area contributed by atoms with Gasteiger partial charge in [0, 0.05) is 27.9 Å². The number of benzene rings is 1. The van der Waals surface area contributed by atoms with Gasteiger partial charge in [0.15, 0.2) is 0 Å². The molecule has 114 valence electrons. The zero-order valence-corrected chi connectivity index (χ0v) is 14.9. The zero-order valence-electron chi connectivity index (χ0n) is 12.5. The SMILES string of the molecule is COCCOc1cc(C)ccc1NCc1cc(Br)c(C)s1. The van der Waals surface area contributed by atoms with E-state index in [1.54, 1.807) is 18.4 Å². The van der Waals surface area contributed by atoms with Crippen molar-refractivity contribution in [3.8, 4) is 5.75 Å². The van der Waals surface area contributed by atoms with Gasteiger partial charge in [0.25, 0.3) is 0 Å². The van der Waals surface area contributed by atoms with Gasteiger partial charge >= 0.3 is 0 Å². The van der Waals surface area contributed by atoms with E-state index in [0.717, 1.165) is 18.0 Å². The molecule has 3 nitrogen and oxygen atoms in total. The summed E-state index contributed by atoms with van der Waals surface area (Å²) in [6, 6.07) is 8.36. The molecule has 0 bridgehead atoms. The number of anilines is 1. The Hall–Kier alpha value is -1.04. The van der Waals surface area contributed by atoms with Crippen LogP contribution in [0.2, 0.25) is 0 Å². The summed E-state index contributed by atoms with van der Waals surface area (Å²) in [7, 11) is 1.68. The Morgan fingerprint density at radius 3 is 2.67 bits per heavy atom. The molecule has 2 aromatic rings. The standard InChI is InChI=1S/C16H20BrNO2S/c1-11-4-5-15(16(8-11)20-7-6-19-3)18-10-13-9-14(17)12(2)21-13/h4-5,8-9,18H,6-7,10H2,1-3H3. The molecule has 0 saturated heterocycles. The van der Waals surface area contributed by atoms with Gasteiger partial charge in [-0.2, -0.15) is 0 Å². The van der Waals surface area contributed by atoms with E-state index in [2.05, 4.69) is 53.3 Å². The number of hydrogen-bond acceptors (Lipinski definition) is 4. The lowest BCUT2D eigenvalue weighted by molar-refractivity contribution is 0.146. The van der Waals surface area contributed by atoms with E-state index < -0.39 is 0 Å². The highest BCUT2D eigenvalue weighted by Gasteiger charge is 2.06. The van der Waals surface area contributed by atoms with Crippen molar-refractivity contribution in [1.29, 1.82) is 0 Å². The highest BCUT2D eigenvalue weighted by molar-refractivity contribution is 9.10. The van der Waals surface area contributed by atoms with E-state index in [1.807, 2.05) is 6.07 Å². The van der Waals surface area contributed by atoms with Crippen LogP contribution in [0.5, 0.6) is 5.75 Å². The third-order valence-corrected chi connectivity index (χ3v) is 5.18. The van der Waals surface area contributed by atoms with Gasteiger partial charge in [0.1, 0.15) is 12.4 Å². The fourth-order valence-electron chi connectivity index (χ4n) is 1.92. The highest BCUT2D eigenvalue weighted by atomic mass is 79.9. The maximum absolute atomic E-state index is 5.78. The number of rotatable bonds is 7. The van der Waals surface area contributed by atoms with Gasteiger partial charge in [0.2, 0.25) is 0 Å². The van der Waals surface area contributed by atoms with Gasteiger partial charge in [0.05, 0.1) is 12.3 Å². The van der Waals surface area contributed by atoms with Crippen LogP contribution in [0.25, 0.3) is 0 Å². The third kappa shape index (κ3) is 4.73. The Morgan fingerprint density at radius 1 is 1.19 bits per heavy atom. The van der Waals surface area contributed by atoms with Crippen LogP contribution in [0.1, 0.15) is 15.3 Å². The number of hydrogen-bond donors (Lipinski definition) is 1. The Kier molecular flexibility index (Phi) is 6.08. The van der Waals surface area contributed by atoms with E-state index in [0.29, 0.717) is 13.2 Å². The van der Waals surface area contributed by atoms with Gasteiger partial charge in [-0.15, -0.1) is 11.3 Å².